The van der Waals surface area contributed by atoms with Gasteiger partial charge in [-0.05, 0) is 57.4 Å². The van der Waals surface area contributed by atoms with E-state index in [1.165, 1.54) is 11.9 Å². The number of anilines is 3. The van der Waals surface area contributed by atoms with Gasteiger partial charge in [-0.15, -0.1) is 0 Å². The van der Waals surface area contributed by atoms with Crippen LogP contribution < -0.4 is 21.5 Å². The highest BCUT2D eigenvalue weighted by molar-refractivity contribution is 7.97. The van der Waals surface area contributed by atoms with Gasteiger partial charge < -0.3 is 15.7 Å². The van der Waals surface area contributed by atoms with Gasteiger partial charge in [0.2, 0.25) is 0 Å². The number of rotatable bonds is 7. The minimum absolute atomic E-state index is 0.0497. The molecule has 8 heteroatoms. The summed E-state index contributed by atoms with van der Waals surface area (Å²) >= 11 is 7.46. The molecule has 0 amide bonds. The molecule has 2 aromatic carbocycles. The summed E-state index contributed by atoms with van der Waals surface area (Å²) < 4.78 is 1.81. The number of aromatic hydroxyl groups is 1. The second kappa shape index (κ2) is 7.73. The van der Waals surface area contributed by atoms with Crippen molar-refractivity contribution in [2.75, 3.05) is 24.7 Å². The Kier molecular flexibility index (Phi) is 5.74. The molecule has 146 valence electrons. The summed E-state index contributed by atoms with van der Waals surface area (Å²) in [4.78, 5) is 24.8. The van der Waals surface area contributed by atoms with Crippen LogP contribution in [0.25, 0.3) is 0 Å². The largest absolute Gasteiger partial charge is 0.505 e. The minimum atomic E-state index is -0.571. The average molecular weight is 410 g/mol. The number of benzene rings is 1. The van der Waals surface area contributed by atoms with Crippen LogP contribution in [0, 0.1) is 0 Å². The molecule has 0 spiro atoms. The standard InChI is InChI=1S/C19H24ClN3O3S/c1-4-19(9-5-6-10-19)22-14-13(16(25)17(14)26)21-12-8-7-11(20)18(15(12)24)27-23(2)3/h7-8,21-22,24H,4-6,9-10H2,1-3H3. The van der Waals surface area contributed by atoms with Crippen molar-refractivity contribution in [3.05, 3.63) is 37.6 Å². The SMILES string of the molecule is CCC1(Nc2c(Nc3ccc(Cl)c(SN(C)C)c3O)c(=O)c2=O)CCCC1. The summed E-state index contributed by atoms with van der Waals surface area (Å²) in [5.41, 5.74) is -0.340. The molecule has 0 atom stereocenters. The zero-order valence-electron chi connectivity index (χ0n) is 15.7. The van der Waals surface area contributed by atoms with E-state index < -0.39 is 10.9 Å². The van der Waals surface area contributed by atoms with Crippen LogP contribution in [0.2, 0.25) is 5.02 Å². The Hall–Kier alpha value is -1.70. The average Bonchev–Trinajstić information content (AvgIpc) is 3.12. The number of hydrogen-bond donors (Lipinski definition) is 3. The molecule has 0 bridgehead atoms. The monoisotopic (exact) mass is 409 g/mol. The lowest BCUT2D eigenvalue weighted by Gasteiger charge is -2.31. The molecule has 1 aliphatic rings. The van der Waals surface area contributed by atoms with Gasteiger partial charge in [-0.3, -0.25) is 13.9 Å². The topological polar surface area (TPSA) is 81.7 Å². The molecule has 0 unspecified atom stereocenters. The summed E-state index contributed by atoms with van der Waals surface area (Å²) in [6.45, 7) is 2.09. The van der Waals surface area contributed by atoms with Crippen molar-refractivity contribution in [2.45, 2.75) is 49.5 Å². The van der Waals surface area contributed by atoms with Gasteiger partial charge in [0.05, 0.1) is 15.6 Å². The summed E-state index contributed by atoms with van der Waals surface area (Å²) in [5, 5.41) is 17.3. The summed E-state index contributed by atoms with van der Waals surface area (Å²) in [6.07, 6.45) is 5.08. The van der Waals surface area contributed by atoms with E-state index in [2.05, 4.69) is 17.6 Å². The van der Waals surface area contributed by atoms with Crippen molar-refractivity contribution in [3.8, 4) is 5.75 Å². The first-order valence-electron chi connectivity index (χ1n) is 9.03. The molecular weight excluding hydrogens is 386 g/mol. The molecule has 1 fully saturated rings. The van der Waals surface area contributed by atoms with Gasteiger partial charge in [0.15, 0.2) is 5.75 Å². The van der Waals surface area contributed by atoms with E-state index in [0.29, 0.717) is 21.3 Å². The molecule has 0 radical (unpaired) electrons. The maximum atomic E-state index is 12.2. The first kappa shape index (κ1) is 20.0. The quantitative estimate of drug-likeness (QED) is 0.361. The highest BCUT2D eigenvalue weighted by Crippen LogP contribution is 2.43. The van der Waals surface area contributed by atoms with Crippen LogP contribution in [0.5, 0.6) is 5.75 Å². The fraction of sp³-hybridized carbons (Fsp3) is 0.474. The van der Waals surface area contributed by atoms with Crippen molar-refractivity contribution in [2.24, 2.45) is 0 Å². The lowest BCUT2D eigenvalue weighted by atomic mass is 9.93. The molecule has 1 aliphatic carbocycles. The maximum absolute atomic E-state index is 12.2. The van der Waals surface area contributed by atoms with Gasteiger partial charge in [-0.2, -0.15) is 0 Å². The molecule has 3 N–H and O–H groups in total. The predicted molar refractivity (Wildman–Crippen MR) is 112 cm³/mol. The molecule has 0 aromatic heterocycles. The lowest BCUT2D eigenvalue weighted by molar-refractivity contribution is 0.463. The van der Waals surface area contributed by atoms with Crippen LogP contribution in [0.15, 0.2) is 26.6 Å². The summed E-state index contributed by atoms with van der Waals surface area (Å²) in [6, 6.07) is 3.25. The van der Waals surface area contributed by atoms with Gasteiger partial charge in [-0.1, -0.05) is 31.4 Å². The normalized spacial score (nSPS) is 16.2. The van der Waals surface area contributed by atoms with E-state index in [1.54, 1.807) is 16.4 Å². The van der Waals surface area contributed by atoms with Gasteiger partial charge in [0, 0.05) is 5.54 Å². The van der Waals surface area contributed by atoms with Crippen molar-refractivity contribution in [1.82, 2.24) is 4.31 Å². The number of nitrogens with zero attached hydrogens (tertiary/aromatic N) is 1. The van der Waals surface area contributed by atoms with E-state index in [9.17, 15) is 14.7 Å². The van der Waals surface area contributed by atoms with Crippen molar-refractivity contribution in [1.29, 1.82) is 0 Å². The second-order valence-corrected chi connectivity index (χ2v) is 8.90. The van der Waals surface area contributed by atoms with E-state index in [-0.39, 0.29) is 17.0 Å². The first-order valence-corrected chi connectivity index (χ1v) is 10.2. The first-order chi connectivity index (χ1) is 12.8. The van der Waals surface area contributed by atoms with Gasteiger partial charge >= 0.3 is 0 Å². The zero-order valence-corrected chi connectivity index (χ0v) is 17.3. The third-order valence-electron chi connectivity index (χ3n) is 5.15. The Labute approximate surface area is 167 Å². The fourth-order valence-corrected chi connectivity index (χ4v) is 4.54. The number of hydrogen-bond acceptors (Lipinski definition) is 7. The van der Waals surface area contributed by atoms with Gasteiger partial charge in [0.25, 0.3) is 10.9 Å². The Morgan fingerprint density at radius 2 is 1.81 bits per heavy atom. The fourth-order valence-electron chi connectivity index (χ4n) is 3.57. The van der Waals surface area contributed by atoms with Crippen LogP contribution in [0.1, 0.15) is 39.0 Å². The summed E-state index contributed by atoms with van der Waals surface area (Å²) in [7, 11) is 3.68. The van der Waals surface area contributed by atoms with Gasteiger partial charge in [0.1, 0.15) is 11.4 Å². The zero-order chi connectivity index (χ0) is 19.8. The Morgan fingerprint density at radius 1 is 1.19 bits per heavy atom. The smallest absolute Gasteiger partial charge is 0.253 e. The van der Waals surface area contributed by atoms with Crippen LogP contribution in [-0.4, -0.2) is 29.0 Å². The molecule has 27 heavy (non-hydrogen) atoms. The van der Waals surface area contributed by atoms with Crippen LogP contribution in [0.4, 0.5) is 17.1 Å². The number of nitrogens with one attached hydrogen (secondary N) is 2. The molecule has 2 aromatic rings. The summed E-state index contributed by atoms with van der Waals surface area (Å²) in [5.74, 6) is -0.0497. The third-order valence-corrected chi connectivity index (χ3v) is 6.54. The van der Waals surface area contributed by atoms with E-state index in [0.717, 1.165) is 32.1 Å². The lowest BCUT2D eigenvalue weighted by Crippen LogP contribution is -2.43. The Bertz CT molecular complexity index is 916. The van der Waals surface area contributed by atoms with E-state index in [4.69, 9.17) is 11.6 Å². The number of halogens is 1. The second-order valence-electron chi connectivity index (χ2n) is 7.18. The van der Waals surface area contributed by atoms with Crippen molar-refractivity contribution >= 4 is 40.6 Å². The molecule has 3 rings (SSSR count). The van der Waals surface area contributed by atoms with Crippen LogP contribution in [0.3, 0.4) is 0 Å². The Balaban J connectivity index is 1.91. The van der Waals surface area contributed by atoms with Gasteiger partial charge in [-0.25, -0.2) is 0 Å². The number of phenolic OH excluding ortho intramolecular Hbond substituents is 1. The highest BCUT2D eigenvalue weighted by atomic mass is 35.5. The third kappa shape index (κ3) is 3.81. The van der Waals surface area contributed by atoms with E-state index >= 15 is 0 Å². The maximum Gasteiger partial charge on any atom is 0.253 e. The minimum Gasteiger partial charge on any atom is -0.505 e. The highest BCUT2D eigenvalue weighted by Gasteiger charge is 2.35. The molecule has 1 saturated carbocycles. The molecular formula is C19H24ClN3O3S. The van der Waals surface area contributed by atoms with E-state index in [1.807, 2.05) is 14.1 Å². The molecule has 6 nitrogen and oxygen atoms in total. The van der Waals surface area contributed by atoms with Crippen LogP contribution in [-0.2, 0) is 0 Å². The van der Waals surface area contributed by atoms with Crippen molar-refractivity contribution in [3.63, 3.8) is 0 Å². The number of phenols is 1. The Morgan fingerprint density at radius 3 is 2.41 bits per heavy atom. The molecule has 0 saturated heterocycles. The molecule has 0 heterocycles. The van der Waals surface area contributed by atoms with Crippen molar-refractivity contribution < 1.29 is 5.11 Å². The predicted octanol–water partition coefficient (Wildman–Crippen LogP) is 4.09. The molecule has 0 aliphatic heterocycles. The van der Waals surface area contributed by atoms with Crippen LogP contribution >= 0.6 is 23.5 Å².